The largest absolute Gasteiger partial charge is 0.497 e. The number of ketones is 1. The molecule has 0 spiro atoms. The van der Waals surface area contributed by atoms with Crippen LogP contribution in [0.5, 0.6) is 5.75 Å². The molecule has 1 atom stereocenters. The number of fused-ring (bicyclic) bond motifs is 1. The van der Waals surface area contributed by atoms with Crippen molar-refractivity contribution in [3.63, 3.8) is 0 Å². The molecule has 2 aromatic carbocycles. The van der Waals surface area contributed by atoms with Gasteiger partial charge in [0.05, 0.1) is 18.0 Å². The lowest BCUT2D eigenvalue weighted by atomic mass is 10.1. The highest BCUT2D eigenvalue weighted by molar-refractivity contribution is 8.39. The number of benzene rings is 2. The number of carbonyl (C=O) groups is 1. The molecule has 0 saturated carbocycles. The fourth-order valence-corrected chi connectivity index (χ4v) is 4.53. The quantitative estimate of drug-likeness (QED) is 0.738. The summed E-state index contributed by atoms with van der Waals surface area (Å²) >= 11 is 3.22. The summed E-state index contributed by atoms with van der Waals surface area (Å²) in [5.74, 6) is 1.77. The van der Waals surface area contributed by atoms with Gasteiger partial charge in [-0.15, -0.1) is 0 Å². The van der Waals surface area contributed by atoms with Crippen LogP contribution in [0.25, 0.3) is 0 Å². The van der Waals surface area contributed by atoms with Crippen molar-refractivity contribution in [2.45, 2.75) is 17.9 Å². The molecule has 118 valence electrons. The summed E-state index contributed by atoms with van der Waals surface area (Å²) < 4.78 is 6.08. The first-order valence-electron chi connectivity index (χ1n) is 7.31. The van der Waals surface area contributed by atoms with E-state index in [1.807, 2.05) is 49.4 Å². The van der Waals surface area contributed by atoms with E-state index in [0.717, 1.165) is 21.6 Å². The van der Waals surface area contributed by atoms with Crippen LogP contribution in [0.2, 0.25) is 0 Å². The Balaban J connectivity index is 1.70. The highest BCUT2D eigenvalue weighted by atomic mass is 32.2. The van der Waals surface area contributed by atoms with Gasteiger partial charge in [0.1, 0.15) is 10.1 Å². The molecule has 3 nitrogen and oxygen atoms in total. The van der Waals surface area contributed by atoms with E-state index in [1.54, 1.807) is 18.9 Å². The first kappa shape index (κ1) is 16.1. The van der Waals surface area contributed by atoms with Crippen molar-refractivity contribution in [2.24, 2.45) is 4.99 Å². The molecule has 3 rings (SSSR count). The minimum absolute atomic E-state index is 0.111. The van der Waals surface area contributed by atoms with Crippen LogP contribution in [0, 0.1) is 0 Å². The smallest absolute Gasteiger partial charge is 0.175 e. The molecule has 0 saturated heterocycles. The van der Waals surface area contributed by atoms with Crippen LogP contribution >= 0.6 is 23.5 Å². The number of Topliss-reactive ketones (excluding diaryl/α,β-unsaturated/α-hetero) is 1. The van der Waals surface area contributed by atoms with Crippen LogP contribution in [0.4, 0.5) is 5.69 Å². The molecule has 0 aromatic heterocycles. The van der Waals surface area contributed by atoms with E-state index in [-0.39, 0.29) is 11.0 Å². The fraction of sp³-hybridized carbons (Fsp3) is 0.222. The van der Waals surface area contributed by atoms with Gasteiger partial charge in [-0.3, -0.25) is 4.79 Å². The molecule has 1 aliphatic rings. The summed E-state index contributed by atoms with van der Waals surface area (Å²) in [7, 11) is 1.62. The Hall–Kier alpha value is -1.72. The van der Waals surface area contributed by atoms with Crippen LogP contribution in [0.1, 0.15) is 22.8 Å². The Labute approximate surface area is 144 Å². The summed E-state index contributed by atoms with van der Waals surface area (Å²) in [5, 5.41) is -0.167. The number of para-hydroxylation sites is 1. The van der Waals surface area contributed by atoms with Crippen molar-refractivity contribution >= 4 is 39.4 Å². The molecular weight excluding hydrogens is 326 g/mol. The number of hydrogen-bond donors (Lipinski definition) is 0. The molecule has 0 fully saturated rings. The molecule has 1 heterocycles. The van der Waals surface area contributed by atoms with Crippen molar-refractivity contribution in [1.82, 2.24) is 0 Å². The Kier molecular flexibility index (Phi) is 5.08. The van der Waals surface area contributed by atoms with E-state index < -0.39 is 0 Å². The van der Waals surface area contributed by atoms with Gasteiger partial charge in [0.15, 0.2) is 5.78 Å². The molecule has 0 amide bonds. The molecule has 2 aromatic rings. The number of rotatable bonds is 4. The van der Waals surface area contributed by atoms with Gasteiger partial charge in [-0.25, -0.2) is 4.99 Å². The average molecular weight is 343 g/mol. The second-order valence-electron chi connectivity index (χ2n) is 5.15. The number of thioether (sulfide) groups is 2. The van der Waals surface area contributed by atoms with Crippen LogP contribution in [0.3, 0.4) is 0 Å². The third-order valence-corrected chi connectivity index (χ3v) is 5.87. The van der Waals surface area contributed by atoms with E-state index in [1.165, 1.54) is 17.3 Å². The maximum Gasteiger partial charge on any atom is 0.175 e. The maximum atomic E-state index is 12.5. The SMILES string of the molecule is COc1ccc(C(=O)[C@@H](C)SC2=Nc3ccccc3CS2)cc1. The fourth-order valence-electron chi connectivity index (χ4n) is 2.27. The molecule has 0 bridgehead atoms. The Morgan fingerprint density at radius 1 is 1.22 bits per heavy atom. The molecule has 1 aliphatic heterocycles. The summed E-state index contributed by atoms with van der Waals surface area (Å²) in [5.41, 5.74) is 2.96. The van der Waals surface area contributed by atoms with Crippen molar-refractivity contribution in [3.05, 3.63) is 59.7 Å². The zero-order valence-corrected chi connectivity index (χ0v) is 14.6. The lowest BCUT2D eigenvalue weighted by Gasteiger charge is -2.17. The first-order valence-corrected chi connectivity index (χ1v) is 9.18. The van der Waals surface area contributed by atoms with Crippen molar-refractivity contribution in [1.29, 1.82) is 0 Å². The zero-order chi connectivity index (χ0) is 16.2. The molecule has 0 N–H and O–H groups in total. The first-order chi connectivity index (χ1) is 11.2. The predicted octanol–water partition coefficient (Wildman–Crippen LogP) is 4.93. The van der Waals surface area contributed by atoms with Crippen LogP contribution < -0.4 is 4.74 Å². The van der Waals surface area contributed by atoms with E-state index >= 15 is 0 Å². The third-order valence-electron chi connectivity index (χ3n) is 3.58. The zero-order valence-electron chi connectivity index (χ0n) is 13.0. The van der Waals surface area contributed by atoms with Gasteiger partial charge in [0.2, 0.25) is 0 Å². The standard InChI is InChI=1S/C18H17NO2S2/c1-12(17(20)13-7-9-15(21-2)10-8-13)23-18-19-16-6-4-3-5-14(16)11-22-18/h3-10,12H,11H2,1-2H3/t12-/m1/s1. The van der Waals surface area contributed by atoms with Gasteiger partial charge < -0.3 is 4.74 Å². The van der Waals surface area contributed by atoms with Crippen LogP contribution in [0.15, 0.2) is 53.5 Å². The van der Waals surface area contributed by atoms with Crippen molar-refractivity contribution in [3.8, 4) is 5.75 Å². The van der Waals surface area contributed by atoms with Crippen molar-refractivity contribution < 1.29 is 9.53 Å². The van der Waals surface area contributed by atoms with Gasteiger partial charge in [0, 0.05) is 11.3 Å². The van der Waals surface area contributed by atoms with Gasteiger partial charge in [-0.05, 0) is 42.8 Å². The number of carbonyl (C=O) groups excluding carboxylic acids is 1. The Morgan fingerprint density at radius 3 is 2.70 bits per heavy atom. The number of ether oxygens (including phenoxy) is 1. The molecule has 5 heteroatoms. The van der Waals surface area contributed by atoms with E-state index in [2.05, 4.69) is 11.1 Å². The molecule has 23 heavy (non-hydrogen) atoms. The maximum absolute atomic E-state index is 12.5. The number of aliphatic imine (C=N–C) groups is 1. The Bertz CT molecular complexity index is 741. The number of nitrogens with zero attached hydrogens (tertiary/aromatic N) is 1. The lowest BCUT2D eigenvalue weighted by Crippen LogP contribution is -2.15. The highest BCUT2D eigenvalue weighted by Crippen LogP contribution is 2.36. The summed E-state index contributed by atoms with van der Waals surface area (Å²) in [4.78, 5) is 17.2. The molecule has 0 aliphatic carbocycles. The topological polar surface area (TPSA) is 38.7 Å². The van der Waals surface area contributed by atoms with E-state index in [9.17, 15) is 4.79 Å². The van der Waals surface area contributed by atoms with Gasteiger partial charge in [-0.2, -0.15) is 0 Å². The number of hydrogen-bond acceptors (Lipinski definition) is 5. The minimum Gasteiger partial charge on any atom is -0.497 e. The minimum atomic E-state index is -0.167. The normalized spacial score (nSPS) is 14.6. The van der Waals surface area contributed by atoms with Crippen molar-refractivity contribution in [2.75, 3.05) is 7.11 Å². The lowest BCUT2D eigenvalue weighted by molar-refractivity contribution is 0.0994. The number of methoxy groups -OCH3 is 1. The van der Waals surface area contributed by atoms with E-state index in [0.29, 0.717) is 5.56 Å². The summed E-state index contributed by atoms with van der Waals surface area (Å²) in [6.45, 7) is 1.93. The highest BCUT2D eigenvalue weighted by Gasteiger charge is 2.21. The monoisotopic (exact) mass is 343 g/mol. The Morgan fingerprint density at radius 2 is 1.96 bits per heavy atom. The van der Waals surface area contributed by atoms with Gasteiger partial charge in [-0.1, -0.05) is 41.7 Å². The second kappa shape index (κ2) is 7.23. The molecular formula is C18H17NO2S2. The van der Waals surface area contributed by atoms with E-state index in [4.69, 9.17) is 4.74 Å². The van der Waals surface area contributed by atoms with Gasteiger partial charge in [0.25, 0.3) is 0 Å². The molecule has 0 unspecified atom stereocenters. The predicted molar refractivity (Wildman–Crippen MR) is 99.2 cm³/mol. The summed E-state index contributed by atoms with van der Waals surface area (Å²) in [6.07, 6.45) is 0. The van der Waals surface area contributed by atoms with Gasteiger partial charge >= 0.3 is 0 Å². The van der Waals surface area contributed by atoms with Crippen LogP contribution in [-0.4, -0.2) is 22.5 Å². The van der Waals surface area contributed by atoms with Crippen LogP contribution in [-0.2, 0) is 5.75 Å². The third kappa shape index (κ3) is 3.79. The second-order valence-corrected chi connectivity index (χ2v) is 7.70. The molecule has 0 radical (unpaired) electrons. The summed E-state index contributed by atoms with van der Waals surface area (Å²) in [6, 6.07) is 15.4. The average Bonchev–Trinajstić information content (AvgIpc) is 2.61.